The Labute approximate surface area is 200 Å². The minimum absolute atomic E-state index is 0.00535. The highest BCUT2D eigenvalue weighted by molar-refractivity contribution is 6.47. The predicted octanol–water partition coefficient (Wildman–Crippen LogP) is 4.13. The van der Waals surface area contributed by atoms with Gasteiger partial charge in [-0.1, -0.05) is 35.3 Å². The minimum atomic E-state index is -0.949. The zero-order chi connectivity index (χ0) is 24.4. The van der Waals surface area contributed by atoms with E-state index in [1.165, 1.54) is 49.5 Å². The van der Waals surface area contributed by atoms with E-state index in [0.29, 0.717) is 12.1 Å². The van der Waals surface area contributed by atoms with E-state index in [2.05, 4.69) is 0 Å². The maximum Gasteiger partial charge on any atom is 0.295 e. The van der Waals surface area contributed by atoms with Gasteiger partial charge in [-0.15, -0.1) is 0 Å². The summed E-state index contributed by atoms with van der Waals surface area (Å²) in [5, 5.41) is 11.3. The molecular weight excluding hydrogens is 474 g/mol. The Balaban J connectivity index is 2.26. The molecule has 0 aliphatic carbocycles. The van der Waals surface area contributed by atoms with Gasteiger partial charge in [0.25, 0.3) is 11.7 Å². The molecule has 1 aliphatic heterocycles. The molecule has 33 heavy (non-hydrogen) atoms. The summed E-state index contributed by atoms with van der Waals surface area (Å²) < 4.78 is 24.1. The van der Waals surface area contributed by atoms with Gasteiger partial charge in [0.15, 0.2) is 11.5 Å². The molecule has 2 aromatic carbocycles. The van der Waals surface area contributed by atoms with Gasteiger partial charge in [-0.3, -0.25) is 9.59 Å². The Morgan fingerprint density at radius 3 is 2.27 bits per heavy atom. The van der Waals surface area contributed by atoms with Gasteiger partial charge in [-0.25, -0.2) is 4.39 Å². The van der Waals surface area contributed by atoms with Crippen LogP contribution < -0.4 is 9.47 Å². The lowest BCUT2D eigenvalue weighted by Crippen LogP contribution is -2.35. The van der Waals surface area contributed by atoms with E-state index in [9.17, 15) is 19.1 Å². The summed E-state index contributed by atoms with van der Waals surface area (Å²) in [5.74, 6) is -2.50. The lowest BCUT2D eigenvalue weighted by Gasteiger charge is -2.26. The number of halogens is 3. The lowest BCUT2D eigenvalue weighted by atomic mass is 9.95. The number of Topliss-reactive ketones (excluding diaryl/α,β-unsaturated/α-hetero) is 1. The van der Waals surface area contributed by atoms with Crippen LogP contribution in [0.4, 0.5) is 4.39 Å². The van der Waals surface area contributed by atoms with Crippen molar-refractivity contribution in [3.05, 3.63) is 62.9 Å². The Kier molecular flexibility index (Phi) is 7.51. The van der Waals surface area contributed by atoms with E-state index in [1.807, 2.05) is 19.0 Å². The maximum atomic E-state index is 13.6. The fourth-order valence-corrected chi connectivity index (χ4v) is 4.39. The molecule has 10 heteroatoms. The van der Waals surface area contributed by atoms with E-state index in [4.69, 9.17) is 32.7 Å². The number of hydrogen-bond donors (Lipinski definition) is 1. The van der Waals surface area contributed by atoms with Gasteiger partial charge in [0, 0.05) is 13.1 Å². The third-order valence-electron chi connectivity index (χ3n) is 5.31. The molecule has 0 saturated carbocycles. The highest BCUT2D eigenvalue weighted by Crippen LogP contribution is 2.47. The van der Waals surface area contributed by atoms with E-state index in [0.717, 1.165) is 0 Å². The van der Waals surface area contributed by atoms with E-state index >= 15 is 0 Å². The number of carbonyl (C=O) groups excluding carboxylic acids is 2. The number of aliphatic hydroxyl groups is 1. The number of amides is 1. The first-order chi connectivity index (χ1) is 15.6. The van der Waals surface area contributed by atoms with Crippen molar-refractivity contribution < 1.29 is 28.6 Å². The number of methoxy groups -OCH3 is 2. The Morgan fingerprint density at radius 1 is 1.12 bits per heavy atom. The molecule has 1 amide bonds. The lowest BCUT2D eigenvalue weighted by molar-refractivity contribution is -0.140. The number of likely N-dealkylation sites (N-methyl/N-ethyl adjacent to an activating group) is 1. The van der Waals surface area contributed by atoms with Gasteiger partial charge in [-0.2, -0.15) is 0 Å². The van der Waals surface area contributed by atoms with Crippen molar-refractivity contribution in [1.29, 1.82) is 0 Å². The van der Waals surface area contributed by atoms with E-state index in [1.54, 1.807) is 0 Å². The molecule has 3 rings (SSSR count). The van der Waals surface area contributed by atoms with Crippen molar-refractivity contribution in [2.24, 2.45) is 0 Å². The molecular formula is C23H23Cl2FN2O5. The number of likely N-dealkylation sites (tertiary alicyclic amines) is 1. The van der Waals surface area contributed by atoms with Crippen LogP contribution in [0.3, 0.4) is 0 Å². The minimum Gasteiger partial charge on any atom is -0.507 e. The molecule has 0 aromatic heterocycles. The van der Waals surface area contributed by atoms with Crippen LogP contribution in [0.2, 0.25) is 10.0 Å². The molecule has 1 N–H and O–H groups in total. The fourth-order valence-electron chi connectivity index (χ4n) is 3.70. The van der Waals surface area contributed by atoms with Crippen LogP contribution in [-0.2, 0) is 9.59 Å². The quantitative estimate of drug-likeness (QED) is 0.352. The summed E-state index contributed by atoms with van der Waals surface area (Å²) in [6, 6.07) is 5.77. The average Bonchev–Trinajstić information content (AvgIpc) is 3.02. The molecule has 2 aromatic rings. The van der Waals surface area contributed by atoms with E-state index < -0.39 is 29.3 Å². The summed E-state index contributed by atoms with van der Waals surface area (Å²) in [5.41, 5.74) is 0.299. The number of aliphatic hydroxyl groups excluding tert-OH is 1. The van der Waals surface area contributed by atoms with Crippen molar-refractivity contribution in [3.8, 4) is 11.5 Å². The number of benzene rings is 2. The normalized spacial score (nSPS) is 17.7. The fraction of sp³-hybridized carbons (Fsp3) is 0.304. The Bertz CT molecular complexity index is 1120. The first-order valence-electron chi connectivity index (χ1n) is 9.91. The molecule has 1 saturated heterocycles. The van der Waals surface area contributed by atoms with Crippen LogP contribution in [-0.4, -0.2) is 68.0 Å². The number of hydrogen-bond acceptors (Lipinski definition) is 6. The summed E-state index contributed by atoms with van der Waals surface area (Å²) in [6.07, 6.45) is 0. The molecule has 0 spiro atoms. The second-order valence-electron chi connectivity index (χ2n) is 7.63. The zero-order valence-corrected chi connectivity index (χ0v) is 20.0. The second kappa shape index (κ2) is 9.99. The number of nitrogens with zero attached hydrogens (tertiary/aromatic N) is 2. The first-order valence-corrected chi connectivity index (χ1v) is 10.7. The van der Waals surface area contributed by atoms with Crippen molar-refractivity contribution in [3.63, 3.8) is 0 Å². The second-order valence-corrected chi connectivity index (χ2v) is 8.42. The molecule has 1 heterocycles. The molecule has 176 valence electrons. The SMILES string of the molecule is COc1c(Cl)cc(/C(O)=C2\C(=O)C(=O)N(CCN(C)C)C2c2ccc(F)cc2)c(OC)c1Cl. The van der Waals surface area contributed by atoms with Crippen LogP contribution in [0.25, 0.3) is 5.76 Å². The monoisotopic (exact) mass is 496 g/mol. The first kappa shape index (κ1) is 24.8. The van der Waals surface area contributed by atoms with Crippen LogP contribution >= 0.6 is 23.2 Å². The van der Waals surface area contributed by atoms with Gasteiger partial charge in [-0.05, 0) is 37.9 Å². The number of carbonyl (C=O) groups is 2. The standard InChI is InChI=1S/C23H23Cl2FN2O5/c1-27(2)9-10-28-18(12-5-7-13(26)8-6-12)16(20(30)23(28)31)19(29)14-11-15(24)22(33-4)17(25)21(14)32-3/h5-8,11,18,29H,9-10H2,1-4H3/b19-16+. The van der Waals surface area contributed by atoms with Crippen LogP contribution in [0.5, 0.6) is 11.5 Å². The molecule has 1 unspecified atom stereocenters. The largest absolute Gasteiger partial charge is 0.507 e. The summed E-state index contributed by atoms with van der Waals surface area (Å²) in [6.45, 7) is 0.673. The number of ether oxygens (including phenoxy) is 2. The molecule has 1 aliphatic rings. The van der Waals surface area contributed by atoms with Gasteiger partial charge >= 0.3 is 0 Å². The topological polar surface area (TPSA) is 79.3 Å². The van der Waals surface area contributed by atoms with Crippen molar-refractivity contribution in [2.45, 2.75) is 6.04 Å². The van der Waals surface area contributed by atoms with Crippen LogP contribution in [0.1, 0.15) is 17.2 Å². The van der Waals surface area contributed by atoms with Crippen LogP contribution in [0.15, 0.2) is 35.9 Å². The molecule has 0 bridgehead atoms. The van der Waals surface area contributed by atoms with Gasteiger partial charge in [0.05, 0.1) is 36.4 Å². The Hall–Kier alpha value is -2.81. The third kappa shape index (κ3) is 4.64. The highest BCUT2D eigenvalue weighted by atomic mass is 35.5. The van der Waals surface area contributed by atoms with Crippen molar-refractivity contribution in [2.75, 3.05) is 41.4 Å². The average molecular weight is 497 g/mol. The van der Waals surface area contributed by atoms with E-state index in [-0.39, 0.29) is 39.2 Å². The molecule has 7 nitrogen and oxygen atoms in total. The molecule has 0 radical (unpaired) electrons. The van der Waals surface area contributed by atoms with Crippen LogP contribution in [0, 0.1) is 5.82 Å². The van der Waals surface area contributed by atoms with Crippen molar-refractivity contribution in [1.82, 2.24) is 9.80 Å². The van der Waals surface area contributed by atoms with Gasteiger partial charge < -0.3 is 24.4 Å². The summed E-state index contributed by atoms with van der Waals surface area (Å²) in [7, 11) is 6.36. The van der Waals surface area contributed by atoms with Gasteiger partial charge in [0.1, 0.15) is 16.6 Å². The highest BCUT2D eigenvalue weighted by Gasteiger charge is 2.46. The Morgan fingerprint density at radius 2 is 1.73 bits per heavy atom. The maximum absolute atomic E-state index is 13.6. The predicted molar refractivity (Wildman–Crippen MR) is 124 cm³/mol. The third-order valence-corrected chi connectivity index (χ3v) is 5.93. The number of rotatable bonds is 7. The molecule has 1 fully saturated rings. The molecule has 1 atom stereocenters. The van der Waals surface area contributed by atoms with Crippen molar-refractivity contribution >= 4 is 40.7 Å². The number of ketones is 1. The smallest absolute Gasteiger partial charge is 0.295 e. The summed E-state index contributed by atoms with van der Waals surface area (Å²) >= 11 is 12.6. The zero-order valence-electron chi connectivity index (χ0n) is 18.5. The summed E-state index contributed by atoms with van der Waals surface area (Å²) in [4.78, 5) is 29.2. The van der Waals surface area contributed by atoms with Gasteiger partial charge in [0.2, 0.25) is 0 Å².